The third-order valence-corrected chi connectivity index (χ3v) is 4.59. The van der Waals surface area contributed by atoms with Gasteiger partial charge in [0, 0.05) is 15.3 Å². The lowest BCUT2D eigenvalue weighted by Crippen LogP contribution is -2.36. The van der Waals surface area contributed by atoms with Gasteiger partial charge in [0.25, 0.3) is 5.91 Å². The normalized spacial score (nSPS) is 10.2. The summed E-state index contributed by atoms with van der Waals surface area (Å²) in [7, 11) is 4.43. The Hall–Kier alpha value is -2.74. The van der Waals surface area contributed by atoms with E-state index in [0.717, 1.165) is 4.88 Å². The number of nitrogens with one attached hydrogen (secondary N) is 2. The average Bonchev–Trinajstić information content (AvgIpc) is 3.08. The number of benzene rings is 1. The molecule has 0 fully saturated rings. The number of hydrogen-bond donors (Lipinski definition) is 2. The minimum absolute atomic E-state index is 0.125. The lowest BCUT2D eigenvalue weighted by Gasteiger charge is -2.14. The van der Waals surface area contributed by atoms with E-state index in [4.69, 9.17) is 14.2 Å². The maximum absolute atomic E-state index is 12.3. The standard InChI is InChI=1S/C18H22N2O5S/c1-11-5-6-13(26-11)9-19-16(21)10-20-18(22)12-7-14(23-2)17(25-4)15(8-12)24-3/h5-8H,9-10H2,1-4H3,(H,19,21)(H,20,22). The molecule has 0 bridgehead atoms. The smallest absolute Gasteiger partial charge is 0.251 e. The van der Waals surface area contributed by atoms with Gasteiger partial charge in [-0.25, -0.2) is 0 Å². The topological polar surface area (TPSA) is 85.9 Å². The number of carbonyl (C=O) groups is 2. The van der Waals surface area contributed by atoms with Gasteiger partial charge in [0.05, 0.1) is 34.4 Å². The van der Waals surface area contributed by atoms with E-state index in [0.29, 0.717) is 29.4 Å². The molecule has 2 aromatic rings. The summed E-state index contributed by atoms with van der Waals surface area (Å²) in [6, 6.07) is 7.03. The molecule has 7 nitrogen and oxygen atoms in total. The third kappa shape index (κ3) is 4.89. The fraction of sp³-hybridized carbons (Fsp3) is 0.333. The van der Waals surface area contributed by atoms with Crippen LogP contribution in [-0.2, 0) is 11.3 Å². The van der Waals surface area contributed by atoms with Gasteiger partial charge in [-0.3, -0.25) is 9.59 Å². The first-order valence-electron chi connectivity index (χ1n) is 7.88. The number of hydrogen-bond acceptors (Lipinski definition) is 6. The molecule has 2 N–H and O–H groups in total. The number of aryl methyl sites for hydroxylation is 1. The van der Waals surface area contributed by atoms with Crippen molar-refractivity contribution < 1.29 is 23.8 Å². The van der Waals surface area contributed by atoms with E-state index in [1.54, 1.807) is 11.3 Å². The zero-order valence-electron chi connectivity index (χ0n) is 15.2. The van der Waals surface area contributed by atoms with Crippen LogP contribution in [0.3, 0.4) is 0 Å². The van der Waals surface area contributed by atoms with Crippen LogP contribution in [0.5, 0.6) is 17.2 Å². The van der Waals surface area contributed by atoms with Crippen molar-refractivity contribution in [3.05, 3.63) is 39.6 Å². The summed E-state index contributed by atoms with van der Waals surface area (Å²) in [5, 5.41) is 5.35. The van der Waals surface area contributed by atoms with E-state index in [-0.39, 0.29) is 12.5 Å². The maximum atomic E-state index is 12.3. The van der Waals surface area contributed by atoms with Crippen LogP contribution < -0.4 is 24.8 Å². The van der Waals surface area contributed by atoms with Crippen LogP contribution in [-0.4, -0.2) is 39.7 Å². The molecule has 0 aliphatic carbocycles. The number of carbonyl (C=O) groups excluding carboxylic acids is 2. The Balaban J connectivity index is 1.95. The van der Waals surface area contributed by atoms with E-state index in [1.807, 2.05) is 19.1 Å². The first-order valence-corrected chi connectivity index (χ1v) is 8.70. The fourth-order valence-electron chi connectivity index (χ4n) is 2.30. The molecular weight excluding hydrogens is 356 g/mol. The molecule has 2 rings (SSSR count). The highest BCUT2D eigenvalue weighted by atomic mass is 32.1. The Bertz CT molecular complexity index is 763. The summed E-state index contributed by atoms with van der Waals surface area (Å²) in [6.45, 7) is 2.32. The van der Waals surface area contributed by atoms with E-state index >= 15 is 0 Å². The summed E-state index contributed by atoms with van der Waals surface area (Å²) >= 11 is 1.62. The molecule has 0 aliphatic heterocycles. The van der Waals surface area contributed by atoms with E-state index in [1.165, 1.54) is 38.3 Å². The van der Waals surface area contributed by atoms with Gasteiger partial charge in [-0.15, -0.1) is 11.3 Å². The van der Waals surface area contributed by atoms with E-state index < -0.39 is 5.91 Å². The second kappa shape index (κ2) is 9.10. The summed E-state index contributed by atoms with van der Waals surface area (Å²) < 4.78 is 15.7. The van der Waals surface area contributed by atoms with Crippen molar-refractivity contribution in [3.8, 4) is 17.2 Å². The third-order valence-electron chi connectivity index (χ3n) is 3.59. The molecule has 1 aromatic heterocycles. The summed E-state index contributed by atoms with van der Waals surface area (Å²) in [5.41, 5.74) is 0.307. The molecule has 0 saturated carbocycles. The molecule has 2 amide bonds. The lowest BCUT2D eigenvalue weighted by molar-refractivity contribution is -0.120. The average molecular weight is 378 g/mol. The summed E-state index contributed by atoms with van der Waals surface area (Å²) in [4.78, 5) is 26.5. The molecule has 26 heavy (non-hydrogen) atoms. The first kappa shape index (κ1) is 19.6. The van der Waals surface area contributed by atoms with Gasteiger partial charge in [-0.05, 0) is 31.2 Å². The monoisotopic (exact) mass is 378 g/mol. The van der Waals surface area contributed by atoms with Crippen molar-refractivity contribution in [2.75, 3.05) is 27.9 Å². The molecule has 0 radical (unpaired) electrons. The molecule has 0 spiro atoms. The Morgan fingerprint density at radius 1 is 1.00 bits per heavy atom. The van der Waals surface area contributed by atoms with Gasteiger partial charge in [-0.2, -0.15) is 0 Å². The van der Waals surface area contributed by atoms with Crippen molar-refractivity contribution in [1.82, 2.24) is 10.6 Å². The molecule has 0 unspecified atom stereocenters. The maximum Gasteiger partial charge on any atom is 0.251 e. The molecule has 1 aromatic carbocycles. The van der Waals surface area contributed by atoms with Gasteiger partial charge in [0.2, 0.25) is 11.7 Å². The van der Waals surface area contributed by atoms with Gasteiger partial charge in [-0.1, -0.05) is 0 Å². The molecule has 0 atom stereocenters. The highest BCUT2D eigenvalue weighted by Crippen LogP contribution is 2.38. The summed E-state index contributed by atoms with van der Waals surface area (Å²) in [6.07, 6.45) is 0. The number of ether oxygens (including phenoxy) is 3. The van der Waals surface area contributed by atoms with Crippen LogP contribution in [0, 0.1) is 6.92 Å². The first-order chi connectivity index (χ1) is 12.5. The Labute approximate surface area is 156 Å². The summed E-state index contributed by atoms with van der Waals surface area (Å²) in [5.74, 6) is 0.461. The molecule has 1 heterocycles. The minimum Gasteiger partial charge on any atom is -0.493 e. The largest absolute Gasteiger partial charge is 0.493 e. The van der Waals surface area contributed by atoms with Crippen LogP contribution in [0.15, 0.2) is 24.3 Å². The van der Waals surface area contributed by atoms with Crippen molar-refractivity contribution in [2.45, 2.75) is 13.5 Å². The van der Waals surface area contributed by atoms with Crippen LogP contribution in [0.4, 0.5) is 0 Å². The van der Waals surface area contributed by atoms with Crippen molar-refractivity contribution in [3.63, 3.8) is 0 Å². The van der Waals surface area contributed by atoms with Gasteiger partial charge >= 0.3 is 0 Å². The molecule has 0 aliphatic rings. The predicted octanol–water partition coefficient (Wildman–Crippen LogP) is 2.13. The second-order valence-electron chi connectivity index (χ2n) is 5.39. The van der Waals surface area contributed by atoms with Crippen LogP contribution in [0.25, 0.3) is 0 Å². The SMILES string of the molecule is COc1cc(C(=O)NCC(=O)NCc2ccc(C)s2)cc(OC)c1OC. The Morgan fingerprint density at radius 3 is 2.15 bits per heavy atom. The highest BCUT2D eigenvalue weighted by molar-refractivity contribution is 7.11. The molecule has 0 saturated heterocycles. The number of amides is 2. The van der Waals surface area contributed by atoms with Gasteiger partial charge < -0.3 is 24.8 Å². The van der Waals surface area contributed by atoms with Crippen molar-refractivity contribution in [2.24, 2.45) is 0 Å². The molecule has 140 valence electrons. The Morgan fingerprint density at radius 2 is 1.65 bits per heavy atom. The Kier molecular flexibility index (Phi) is 6.85. The molecule has 8 heteroatoms. The number of thiophene rings is 1. The lowest BCUT2D eigenvalue weighted by atomic mass is 10.1. The van der Waals surface area contributed by atoms with Gasteiger partial charge in [0.15, 0.2) is 11.5 Å². The van der Waals surface area contributed by atoms with Crippen LogP contribution in [0.2, 0.25) is 0 Å². The van der Waals surface area contributed by atoms with Crippen LogP contribution in [0.1, 0.15) is 20.1 Å². The van der Waals surface area contributed by atoms with E-state index in [2.05, 4.69) is 10.6 Å². The zero-order chi connectivity index (χ0) is 19.1. The van der Waals surface area contributed by atoms with Crippen molar-refractivity contribution >= 4 is 23.2 Å². The number of rotatable bonds is 8. The predicted molar refractivity (Wildman–Crippen MR) is 99.3 cm³/mol. The second-order valence-corrected chi connectivity index (χ2v) is 6.76. The van der Waals surface area contributed by atoms with Crippen molar-refractivity contribution in [1.29, 1.82) is 0 Å². The zero-order valence-corrected chi connectivity index (χ0v) is 16.0. The molecular formula is C18H22N2O5S. The quantitative estimate of drug-likeness (QED) is 0.735. The fourth-order valence-corrected chi connectivity index (χ4v) is 3.13. The minimum atomic E-state index is -0.411. The highest BCUT2D eigenvalue weighted by Gasteiger charge is 2.17. The van der Waals surface area contributed by atoms with Crippen LogP contribution >= 0.6 is 11.3 Å². The van der Waals surface area contributed by atoms with E-state index in [9.17, 15) is 9.59 Å². The van der Waals surface area contributed by atoms with Gasteiger partial charge in [0.1, 0.15) is 0 Å². The number of methoxy groups -OCH3 is 3.